The Labute approximate surface area is 229 Å². The summed E-state index contributed by atoms with van der Waals surface area (Å²) in [6.45, 7) is 7.59. The summed E-state index contributed by atoms with van der Waals surface area (Å²) in [5.41, 5.74) is 4.84. The molecule has 0 N–H and O–H groups in total. The van der Waals surface area contributed by atoms with E-state index in [0.717, 1.165) is 30.7 Å². The predicted octanol–water partition coefficient (Wildman–Crippen LogP) is 4.70. The Bertz CT molecular complexity index is 1270. The van der Waals surface area contributed by atoms with Gasteiger partial charge in [0, 0.05) is 37.6 Å². The van der Waals surface area contributed by atoms with Gasteiger partial charge in [-0.1, -0.05) is 36.4 Å². The molecule has 0 radical (unpaired) electrons. The van der Waals surface area contributed by atoms with Gasteiger partial charge in [0.1, 0.15) is 5.75 Å². The number of thiophene rings is 1. The minimum absolute atomic E-state index is 0.0831. The molecule has 1 aromatic heterocycles. The Morgan fingerprint density at radius 1 is 0.947 bits per heavy atom. The highest BCUT2D eigenvalue weighted by molar-refractivity contribution is 7.10. The second kappa shape index (κ2) is 11.7. The Kier molecular flexibility index (Phi) is 8.15. The standard InChI is InChI=1S/C31H37N3O3S/c1-22-7-4-5-8-26(22)30-27-14-20-38-28(27)13-17-34(30)23(2)31(36)33-16-6-15-32(18-19-33)29(35)21-24-9-11-25(37-3)12-10-24/h4-5,7-12,14,20,23,30H,6,13,15-19,21H2,1-3H3/t23-,30-/m0/s1. The van der Waals surface area contributed by atoms with Crippen molar-refractivity contribution in [3.63, 3.8) is 0 Å². The van der Waals surface area contributed by atoms with Gasteiger partial charge in [-0.15, -0.1) is 11.3 Å². The van der Waals surface area contributed by atoms with Crippen molar-refractivity contribution in [2.45, 2.75) is 45.2 Å². The fourth-order valence-electron chi connectivity index (χ4n) is 5.82. The van der Waals surface area contributed by atoms with Crippen LogP contribution < -0.4 is 4.74 Å². The quantitative estimate of drug-likeness (QED) is 0.463. The molecule has 0 aliphatic carbocycles. The third-order valence-electron chi connectivity index (χ3n) is 8.02. The molecule has 2 aliphatic heterocycles. The van der Waals surface area contributed by atoms with Crippen LogP contribution >= 0.6 is 11.3 Å². The minimum atomic E-state index is -0.241. The van der Waals surface area contributed by atoms with Gasteiger partial charge in [0.25, 0.3) is 0 Å². The average Bonchev–Trinajstić information content (AvgIpc) is 3.28. The summed E-state index contributed by atoms with van der Waals surface area (Å²) in [7, 11) is 1.64. The Morgan fingerprint density at radius 2 is 1.68 bits per heavy atom. The van der Waals surface area contributed by atoms with Crippen LogP contribution in [0.25, 0.3) is 0 Å². The molecule has 6 nitrogen and oxygen atoms in total. The number of ether oxygens (including phenoxy) is 1. The second-order valence-electron chi connectivity index (χ2n) is 10.3. The lowest BCUT2D eigenvalue weighted by Crippen LogP contribution is -2.51. The van der Waals surface area contributed by atoms with Crippen LogP contribution in [-0.2, 0) is 22.4 Å². The highest BCUT2D eigenvalue weighted by Gasteiger charge is 2.37. The third kappa shape index (κ3) is 5.49. The van der Waals surface area contributed by atoms with Gasteiger partial charge >= 0.3 is 0 Å². The van der Waals surface area contributed by atoms with Gasteiger partial charge in [-0.05, 0) is 72.5 Å². The van der Waals surface area contributed by atoms with Crippen LogP contribution in [0, 0.1) is 6.92 Å². The molecular formula is C31H37N3O3S. The molecule has 2 amide bonds. The van der Waals surface area contributed by atoms with Crippen LogP contribution in [0.4, 0.5) is 0 Å². The highest BCUT2D eigenvalue weighted by Crippen LogP contribution is 2.40. The lowest BCUT2D eigenvalue weighted by atomic mass is 9.89. The molecule has 0 bridgehead atoms. The molecular weight excluding hydrogens is 494 g/mol. The van der Waals surface area contributed by atoms with Crippen LogP contribution in [0.1, 0.15) is 46.5 Å². The van der Waals surface area contributed by atoms with E-state index >= 15 is 0 Å². The summed E-state index contributed by atoms with van der Waals surface area (Å²) in [4.78, 5) is 34.6. The van der Waals surface area contributed by atoms with E-state index in [9.17, 15) is 9.59 Å². The maximum atomic E-state index is 13.9. The Morgan fingerprint density at radius 3 is 2.45 bits per heavy atom. The maximum absolute atomic E-state index is 13.9. The van der Waals surface area contributed by atoms with E-state index in [4.69, 9.17) is 4.74 Å². The van der Waals surface area contributed by atoms with E-state index in [0.29, 0.717) is 32.6 Å². The molecule has 2 aromatic carbocycles. The lowest BCUT2D eigenvalue weighted by Gasteiger charge is -2.41. The van der Waals surface area contributed by atoms with E-state index in [1.807, 2.05) is 45.4 Å². The van der Waals surface area contributed by atoms with Crippen LogP contribution in [0.15, 0.2) is 60.0 Å². The van der Waals surface area contributed by atoms with E-state index in [2.05, 4.69) is 54.5 Å². The molecule has 7 heteroatoms. The summed E-state index contributed by atoms with van der Waals surface area (Å²) < 4.78 is 5.22. The Hall–Kier alpha value is -3.16. The van der Waals surface area contributed by atoms with Crippen LogP contribution in [-0.4, -0.2) is 72.4 Å². The fourth-order valence-corrected chi connectivity index (χ4v) is 6.72. The second-order valence-corrected chi connectivity index (χ2v) is 11.3. The number of aryl methyl sites for hydroxylation is 1. The number of hydrogen-bond donors (Lipinski definition) is 0. The highest BCUT2D eigenvalue weighted by atomic mass is 32.1. The van der Waals surface area contributed by atoms with Crippen molar-refractivity contribution in [1.82, 2.24) is 14.7 Å². The van der Waals surface area contributed by atoms with E-state index < -0.39 is 0 Å². The number of benzene rings is 2. The molecule has 3 aromatic rings. The number of nitrogens with zero attached hydrogens (tertiary/aromatic N) is 3. The maximum Gasteiger partial charge on any atom is 0.239 e. The zero-order valence-electron chi connectivity index (χ0n) is 22.6. The van der Waals surface area contributed by atoms with Gasteiger partial charge < -0.3 is 14.5 Å². The van der Waals surface area contributed by atoms with E-state index in [-0.39, 0.29) is 23.9 Å². The van der Waals surface area contributed by atoms with Gasteiger partial charge in [0.05, 0.1) is 25.6 Å². The number of rotatable bonds is 6. The van der Waals surface area contributed by atoms with Gasteiger partial charge in [-0.3, -0.25) is 14.5 Å². The van der Waals surface area contributed by atoms with Crippen LogP contribution in [0.5, 0.6) is 5.75 Å². The molecule has 38 heavy (non-hydrogen) atoms. The monoisotopic (exact) mass is 531 g/mol. The van der Waals surface area contributed by atoms with Gasteiger partial charge in [-0.2, -0.15) is 0 Å². The number of methoxy groups -OCH3 is 1. The van der Waals surface area contributed by atoms with Gasteiger partial charge in [-0.25, -0.2) is 0 Å². The fraction of sp³-hybridized carbons (Fsp3) is 0.419. The van der Waals surface area contributed by atoms with Crippen LogP contribution in [0.3, 0.4) is 0 Å². The number of amides is 2. The zero-order valence-corrected chi connectivity index (χ0v) is 23.4. The van der Waals surface area contributed by atoms with Crippen molar-refractivity contribution < 1.29 is 14.3 Å². The summed E-state index contributed by atoms with van der Waals surface area (Å²) in [5, 5.41) is 2.18. The van der Waals surface area contributed by atoms with Crippen molar-refractivity contribution in [3.05, 3.63) is 87.1 Å². The number of hydrogen-bond acceptors (Lipinski definition) is 5. The molecule has 1 saturated heterocycles. The summed E-state index contributed by atoms with van der Waals surface area (Å²) in [6.07, 6.45) is 2.13. The van der Waals surface area contributed by atoms with Crippen molar-refractivity contribution in [2.75, 3.05) is 39.8 Å². The first-order valence-electron chi connectivity index (χ1n) is 13.5. The molecule has 0 unspecified atom stereocenters. The third-order valence-corrected chi connectivity index (χ3v) is 9.01. The molecule has 5 rings (SSSR count). The lowest BCUT2D eigenvalue weighted by molar-refractivity contribution is -0.138. The van der Waals surface area contributed by atoms with Crippen LogP contribution in [0.2, 0.25) is 0 Å². The summed E-state index contributed by atoms with van der Waals surface area (Å²) in [5.74, 6) is 1.05. The Balaban J connectivity index is 1.26. The van der Waals surface area contributed by atoms with Crippen molar-refractivity contribution in [1.29, 1.82) is 0 Å². The predicted molar refractivity (Wildman–Crippen MR) is 152 cm³/mol. The smallest absolute Gasteiger partial charge is 0.239 e. The molecule has 200 valence electrons. The van der Waals surface area contributed by atoms with Gasteiger partial charge in [0.2, 0.25) is 11.8 Å². The number of fused-ring (bicyclic) bond motifs is 1. The molecule has 2 aliphatic rings. The normalized spacial score (nSPS) is 19.0. The molecule has 0 spiro atoms. The number of carbonyl (C=O) groups is 2. The summed E-state index contributed by atoms with van der Waals surface area (Å²) in [6, 6.07) is 18.3. The average molecular weight is 532 g/mol. The first-order chi connectivity index (χ1) is 18.5. The topological polar surface area (TPSA) is 53.1 Å². The largest absolute Gasteiger partial charge is 0.497 e. The minimum Gasteiger partial charge on any atom is -0.497 e. The van der Waals surface area contributed by atoms with E-state index in [1.165, 1.54) is 21.6 Å². The number of carbonyl (C=O) groups excluding carboxylic acids is 2. The molecule has 2 atom stereocenters. The van der Waals surface area contributed by atoms with E-state index in [1.54, 1.807) is 7.11 Å². The first-order valence-corrected chi connectivity index (χ1v) is 14.4. The first kappa shape index (κ1) is 26.4. The van der Waals surface area contributed by atoms with Crippen molar-refractivity contribution in [2.24, 2.45) is 0 Å². The van der Waals surface area contributed by atoms with Gasteiger partial charge in [0.15, 0.2) is 0 Å². The summed E-state index contributed by atoms with van der Waals surface area (Å²) >= 11 is 1.82. The van der Waals surface area contributed by atoms with Crippen molar-refractivity contribution in [3.8, 4) is 5.75 Å². The molecule has 3 heterocycles. The molecule has 0 saturated carbocycles. The zero-order chi connectivity index (χ0) is 26.6. The van der Waals surface area contributed by atoms with Crippen molar-refractivity contribution >= 4 is 23.2 Å². The molecule has 1 fully saturated rings. The SMILES string of the molecule is COc1ccc(CC(=O)N2CCCN(C(=O)[C@H](C)N3CCc4sccc4[C@@H]3c3ccccc3C)CC2)cc1.